The summed E-state index contributed by atoms with van der Waals surface area (Å²) in [7, 11) is 0. The van der Waals surface area contributed by atoms with Crippen molar-refractivity contribution in [2.75, 3.05) is 33.0 Å². The molecular formula is C65H106O29. The molecule has 5 aliphatic carbocycles. The van der Waals surface area contributed by atoms with Gasteiger partial charge < -0.3 is 139 Å². The number of rotatable bonds is 17. The minimum atomic E-state index is -1.92. The third-order valence-corrected chi connectivity index (χ3v) is 24.8. The average Bonchev–Trinajstić information content (AvgIpc) is 0.674. The number of hydrogen-bond donors (Lipinski definition) is 17. The molecule has 4 saturated carbocycles. The number of aliphatic hydroxyl groups is 17. The van der Waals surface area contributed by atoms with E-state index in [1.165, 1.54) is 19.9 Å². The van der Waals surface area contributed by atoms with Gasteiger partial charge in [-0.1, -0.05) is 66.2 Å². The van der Waals surface area contributed by atoms with Gasteiger partial charge in [0.15, 0.2) is 37.6 Å². The molecule has 10 aliphatic rings. The smallest absolute Gasteiger partial charge is 0.333 e. The van der Waals surface area contributed by atoms with Crippen LogP contribution in [0.2, 0.25) is 0 Å². The predicted octanol–water partition coefficient (Wildman–Crippen LogP) is -3.25. The van der Waals surface area contributed by atoms with Crippen molar-refractivity contribution in [2.24, 2.45) is 50.2 Å². The van der Waals surface area contributed by atoms with Gasteiger partial charge >= 0.3 is 5.97 Å². The summed E-state index contributed by atoms with van der Waals surface area (Å²) in [6.07, 6.45) is -35.6. The summed E-state index contributed by atoms with van der Waals surface area (Å²) in [6, 6.07) is 0. The van der Waals surface area contributed by atoms with Crippen molar-refractivity contribution in [2.45, 2.75) is 292 Å². The lowest BCUT2D eigenvalue weighted by Crippen LogP contribution is -2.69. The Labute approximate surface area is 547 Å². The molecule has 0 aromatic heterocycles. The number of fused-ring (bicyclic) bond motifs is 7. The number of esters is 1. The second-order valence-corrected chi connectivity index (χ2v) is 30.7. The number of carbonyl (C=O) groups is 1. The molecule has 0 bridgehead atoms. The van der Waals surface area contributed by atoms with Gasteiger partial charge in [-0.2, -0.15) is 0 Å². The van der Waals surface area contributed by atoms with Gasteiger partial charge in [0.05, 0.1) is 57.5 Å². The first-order chi connectivity index (χ1) is 44.0. The summed E-state index contributed by atoms with van der Waals surface area (Å²) in [4.78, 5) is 13.3. The molecule has 29 nitrogen and oxygen atoms in total. The highest BCUT2D eigenvalue weighted by Gasteiger charge is 2.71. The summed E-state index contributed by atoms with van der Waals surface area (Å²) >= 11 is 0. The fraction of sp³-hybridized carbons (Fsp3) is 0.923. The van der Waals surface area contributed by atoms with E-state index in [9.17, 15) is 91.6 Å². The standard InChI is InChI=1S/C65H106O29/c1-11-26(2)54(83)93-50-41(72)33(24-85-56-47(78)44(75)39(70)31(22-67)89-56)90-58(49(50)80)92-36-15-16-62(8)34(61(36,6)7)14-17-64(10)35(62)13-12-28-29-20-60(4,5)52(81)53(82)65(29,19-18-63(28,64)9)25-86-59-51(94-57-48(79)42(73)37(68)27(3)87-57)45(76)40(71)32(91-59)23-84-55-46(77)43(74)38(69)30(21-66)88-55/h11-12,27,29-53,55-59,66-82H,13-25H2,1-10H3/b26-11+/t27?,29?,30?,31?,32?,33?,34?,35?,36-,37-,38+,39+,40+,41+,42-,43+,44+,45+,46?,47?,48?,49?,50+,51?,52-,53-,55+,56+,57-,58-,59+,62-,63+,64+,65-/m0/s1. The fourth-order valence-electron chi connectivity index (χ4n) is 18.4. The minimum absolute atomic E-state index is 0.0299. The second kappa shape index (κ2) is 28.0. The summed E-state index contributed by atoms with van der Waals surface area (Å²) in [5.74, 6) is -1.11. The van der Waals surface area contributed by atoms with Gasteiger partial charge in [-0.25, -0.2) is 4.79 Å². The average molecular weight is 1350 g/mol. The van der Waals surface area contributed by atoms with Crippen LogP contribution in [-0.4, -0.2) is 298 Å². The number of allylic oxidation sites excluding steroid dienone is 3. The molecule has 29 heteroatoms. The van der Waals surface area contributed by atoms with E-state index in [1.54, 1.807) is 6.92 Å². The number of hydrogen-bond acceptors (Lipinski definition) is 29. The van der Waals surface area contributed by atoms with Gasteiger partial charge in [-0.05, 0) is 117 Å². The third-order valence-electron chi connectivity index (χ3n) is 24.8. The summed E-state index contributed by atoms with van der Waals surface area (Å²) in [5, 5.41) is 187. The topological polar surface area (TPSA) is 463 Å². The first kappa shape index (κ1) is 74.6. The zero-order valence-electron chi connectivity index (χ0n) is 55.2. The van der Waals surface area contributed by atoms with Crippen molar-refractivity contribution in [3.8, 4) is 0 Å². The largest absolute Gasteiger partial charge is 0.453 e. The van der Waals surface area contributed by atoms with Crippen LogP contribution in [0.5, 0.6) is 0 Å². The third kappa shape index (κ3) is 12.8. The Bertz CT molecular complexity index is 2660. The minimum Gasteiger partial charge on any atom is -0.453 e. The lowest BCUT2D eigenvalue weighted by atomic mass is 9.33. The van der Waals surface area contributed by atoms with Crippen LogP contribution in [0.25, 0.3) is 0 Å². The monoisotopic (exact) mass is 1350 g/mol. The Morgan fingerprint density at radius 1 is 0.543 bits per heavy atom. The molecule has 13 unspecified atom stereocenters. The maximum Gasteiger partial charge on any atom is 0.333 e. The molecule has 10 rings (SSSR count). The van der Waals surface area contributed by atoms with E-state index in [4.69, 9.17) is 52.1 Å². The van der Waals surface area contributed by atoms with E-state index in [1.807, 2.05) is 13.8 Å². The number of ether oxygens (including phenoxy) is 11. The molecule has 5 aliphatic heterocycles. The van der Waals surface area contributed by atoms with Crippen molar-refractivity contribution in [3.05, 3.63) is 23.3 Å². The zero-order valence-corrected chi connectivity index (χ0v) is 55.2. The van der Waals surface area contributed by atoms with Crippen molar-refractivity contribution in [1.29, 1.82) is 0 Å². The van der Waals surface area contributed by atoms with Gasteiger partial charge in [0.2, 0.25) is 0 Å². The second-order valence-electron chi connectivity index (χ2n) is 30.7. The Morgan fingerprint density at radius 3 is 1.66 bits per heavy atom. The molecule has 0 aromatic carbocycles. The van der Waals surface area contributed by atoms with Gasteiger partial charge in [0.1, 0.15) is 110 Å². The fourth-order valence-corrected chi connectivity index (χ4v) is 18.4. The highest BCUT2D eigenvalue weighted by atomic mass is 16.8. The SMILES string of the molecule is C/C=C(\C)C(=O)O[C@H]1C(O)[C@H](O[C@H]2CC[C@@]3(C)C(CC[C@]4(C)C3CC=C3C5CC(C)(C)[C@@H](O)[C@H](O)[C@]5(CO[C@@H]5OC(CO[C@@H]6OC(CO)[C@@H](O)[C@@H](O)C6O)[C@@H](O)[C@@H](O)C5O[C@@H]5OC(C)[C@H](O)[C@H](O)C5O)CC[C@]34C)C2(C)C)OC(CO[C@@H]2OC(CO)[C@@H](O)[C@@H](O)C2O)[C@H]1O. The van der Waals surface area contributed by atoms with Crippen LogP contribution in [-0.2, 0) is 56.9 Å². The van der Waals surface area contributed by atoms with E-state index < -0.39 is 232 Å². The lowest BCUT2D eigenvalue weighted by molar-refractivity contribution is -0.374. The number of carbonyl (C=O) groups excluding carboxylic acids is 1. The molecule has 0 amide bonds. The van der Waals surface area contributed by atoms with Crippen LogP contribution >= 0.6 is 0 Å². The Morgan fingerprint density at radius 2 is 1.07 bits per heavy atom. The summed E-state index contributed by atoms with van der Waals surface area (Å²) in [6.45, 7) is 16.7. The molecule has 9 fully saturated rings. The van der Waals surface area contributed by atoms with E-state index >= 15 is 0 Å². The first-order valence-electron chi connectivity index (χ1n) is 33.4. The van der Waals surface area contributed by atoms with E-state index in [0.29, 0.717) is 38.5 Å². The van der Waals surface area contributed by atoms with Crippen molar-refractivity contribution in [1.82, 2.24) is 0 Å². The van der Waals surface area contributed by atoms with Gasteiger partial charge in [0, 0.05) is 11.0 Å². The molecule has 94 heavy (non-hydrogen) atoms. The van der Waals surface area contributed by atoms with Crippen molar-refractivity contribution in [3.63, 3.8) is 0 Å². The molecule has 0 radical (unpaired) electrons. The summed E-state index contributed by atoms with van der Waals surface area (Å²) in [5.41, 5.74) is -2.50. The maximum absolute atomic E-state index is 13.3. The molecule has 540 valence electrons. The predicted molar refractivity (Wildman–Crippen MR) is 320 cm³/mol. The normalized spacial score (nSPS) is 52.7. The van der Waals surface area contributed by atoms with Crippen LogP contribution in [0.1, 0.15) is 121 Å². The zero-order chi connectivity index (χ0) is 69.0. The Hall–Kier alpha value is -2.13. The van der Waals surface area contributed by atoms with E-state index in [-0.39, 0.29) is 34.8 Å². The molecule has 35 atom stereocenters. The highest BCUT2D eigenvalue weighted by Crippen LogP contribution is 2.76. The number of aliphatic hydroxyl groups excluding tert-OH is 17. The maximum atomic E-state index is 13.3. The van der Waals surface area contributed by atoms with Crippen LogP contribution in [0.4, 0.5) is 0 Å². The van der Waals surface area contributed by atoms with E-state index in [2.05, 4.69) is 40.7 Å². The molecule has 5 heterocycles. The first-order valence-corrected chi connectivity index (χ1v) is 33.4. The van der Waals surface area contributed by atoms with Crippen LogP contribution in [0.15, 0.2) is 23.3 Å². The quantitative estimate of drug-likeness (QED) is 0.0294. The molecule has 5 saturated heterocycles. The van der Waals surface area contributed by atoms with Crippen molar-refractivity contribution >= 4 is 5.97 Å². The van der Waals surface area contributed by atoms with Crippen LogP contribution in [0, 0.1) is 50.2 Å². The molecule has 0 aromatic rings. The summed E-state index contributed by atoms with van der Waals surface area (Å²) < 4.78 is 66.6. The lowest BCUT2D eigenvalue weighted by Gasteiger charge is -2.72. The Kier molecular flexibility index (Phi) is 22.2. The van der Waals surface area contributed by atoms with Gasteiger partial charge in [0.25, 0.3) is 0 Å². The molecule has 17 N–H and O–H groups in total. The van der Waals surface area contributed by atoms with Crippen molar-refractivity contribution < 1.29 is 144 Å². The molecular weight excluding hydrogens is 1240 g/mol. The molecule has 0 spiro atoms. The Balaban J connectivity index is 0.900. The van der Waals surface area contributed by atoms with Gasteiger partial charge in [-0.15, -0.1) is 0 Å². The highest BCUT2D eigenvalue weighted by molar-refractivity contribution is 5.87. The van der Waals surface area contributed by atoms with E-state index in [0.717, 1.165) is 18.4 Å². The van der Waals surface area contributed by atoms with Crippen LogP contribution < -0.4 is 0 Å². The van der Waals surface area contributed by atoms with Gasteiger partial charge in [-0.3, -0.25) is 0 Å². The van der Waals surface area contributed by atoms with Crippen LogP contribution in [0.3, 0.4) is 0 Å².